The van der Waals surface area contributed by atoms with E-state index >= 15 is 0 Å². The number of aromatic amines is 1. The fourth-order valence-electron chi connectivity index (χ4n) is 2.49. The van der Waals surface area contributed by atoms with E-state index in [1.54, 1.807) is 0 Å². The third-order valence-corrected chi connectivity index (χ3v) is 3.98. The van der Waals surface area contributed by atoms with Crippen LogP contribution in [0, 0.1) is 5.92 Å². The molecule has 84 valence electrons. The molecule has 1 aliphatic rings. The maximum atomic E-state index is 4.26. The average Bonchev–Trinajstić information content (AvgIpc) is 2.71. The second-order valence-corrected chi connectivity index (χ2v) is 5.87. The van der Waals surface area contributed by atoms with Gasteiger partial charge in [0.05, 0.1) is 0 Å². The van der Waals surface area contributed by atoms with Crippen LogP contribution in [0.4, 0.5) is 0 Å². The minimum atomic E-state index is 0.590. The van der Waals surface area contributed by atoms with Crippen LogP contribution in [-0.2, 0) is 6.42 Å². The van der Waals surface area contributed by atoms with E-state index in [2.05, 4.69) is 25.9 Å². The van der Waals surface area contributed by atoms with Crippen molar-refractivity contribution in [3.63, 3.8) is 0 Å². The highest BCUT2D eigenvalue weighted by Gasteiger charge is 2.17. The molecule has 0 bridgehead atoms. The molecule has 0 aliphatic heterocycles. The van der Waals surface area contributed by atoms with Gasteiger partial charge in [0.2, 0.25) is 0 Å². The normalized spacial score (nSPS) is 20.3. The van der Waals surface area contributed by atoms with E-state index in [1.165, 1.54) is 38.5 Å². The summed E-state index contributed by atoms with van der Waals surface area (Å²) in [5, 5.41) is 0. The number of nitrogens with zero attached hydrogens (tertiary/aromatic N) is 1. The van der Waals surface area contributed by atoms with Gasteiger partial charge >= 0.3 is 0 Å². The van der Waals surface area contributed by atoms with Crippen molar-refractivity contribution in [3.05, 3.63) is 18.2 Å². The number of hydrogen-bond donors (Lipinski definition) is 1. The van der Waals surface area contributed by atoms with Gasteiger partial charge in [-0.25, -0.2) is 4.98 Å². The fourth-order valence-corrected chi connectivity index (χ4v) is 3.32. The molecule has 2 nitrogen and oxygen atoms in total. The Morgan fingerprint density at radius 3 is 2.87 bits per heavy atom. The Balaban J connectivity index is 1.74. The first-order valence-electron chi connectivity index (χ1n) is 5.97. The molecule has 1 heterocycles. The van der Waals surface area contributed by atoms with Gasteiger partial charge in [0.25, 0.3) is 0 Å². The predicted molar refractivity (Wildman–Crippen MR) is 66.2 cm³/mol. The van der Waals surface area contributed by atoms with Crippen molar-refractivity contribution in [2.45, 2.75) is 49.8 Å². The smallest absolute Gasteiger partial charge is 0.107 e. The highest BCUT2D eigenvalue weighted by Crippen LogP contribution is 2.29. The number of hydrogen-bond acceptors (Lipinski definition) is 1. The number of alkyl halides is 1. The summed E-state index contributed by atoms with van der Waals surface area (Å²) in [7, 11) is 0. The Morgan fingerprint density at radius 2 is 2.20 bits per heavy atom. The third-order valence-electron chi connectivity index (χ3n) is 3.28. The summed E-state index contributed by atoms with van der Waals surface area (Å²) in [6, 6.07) is 0. The van der Waals surface area contributed by atoms with Gasteiger partial charge in [-0.2, -0.15) is 0 Å². The second kappa shape index (κ2) is 5.69. The molecule has 1 atom stereocenters. The van der Waals surface area contributed by atoms with E-state index < -0.39 is 0 Å². The van der Waals surface area contributed by atoms with Crippen molar-refractivity contribution in [1.82, 2.24) is 9.97 Å². The lowest BCUT2D eigenvalue weighted by molar-refractivity contribution is 0.336. The molecule has 0 radical (unpaired) electrons. The molecule has 1 aromatic heterocycles. The highest BCUT2D eigenvalue weighted by molar-refractivity contribution is 9.09. The lowest BCUT2D eigenvalue weighted by atomic mass is 9.86. The van der Waals surface area contributed by atoms with Gasteiger partial charge in [-0.15, -0.1) is 0 Å². The van der Waals surface area contributed by atoms with Crippen LogP contribution in [0.1, 0.15) is 44.3 Å². The molecule has 0 amide bonds. The Hall–Kier alpha value is -0.310. The first kappa shape index (κ1) is 11.2. The first-order chi connectivity index (χ1) is 7.34. The number of H-pyrrole nitrogens is 1. The number of rotatable bonds is 4. The number of aromatic nitrogens is 2. The Bertz CT molecular complexity index is 265. The zero-order valence-electron chi connectivity index (χ0n) is 9.08. The van der Waals surface area contributed by atoms with Crippen LogP contribution >= 0.6 is 15.9 Å². The maximum absolute atomic E-state index is 4.26. The van der Waals surface area contributed by atoms with Crippen molar-refractivity contribution < 1.29 is 0 Å². The van der Waals surface area contributed by atoms with Gasteiger partial charge in [-0.05, 0) is 12.3 Å². The highest BCUT2D eigenvalue weighted by atomic mass is 79.9. The van der Waals surface area contributed by atoms with Crippen LogP contribution < -0.4 is 0 Å². The van der Waals surface area contributed by atoms with Crippen LogP contribution in [0.25, 0.3) is 0 Å². The molecule has 0 aromatic carbocycles. The molecular weight excluding hydrogens is 252 g/mol. The van der Waals surface area contributed by atoms with Crippen LogP contribution in [-0.4, -0.2) is 14.8 Å². The van der Waals surface area contributed by atoms with Gasteiger partial charge in [0.15, 0.2) is 0 Å². The molecule has 1 aliphatic carbocycles. The molecule has 1 N–H and O–H groups in total. The molecule has 0 spiro atoms. The van der Waals surface area contributed by atoms with Crippen molar-refractivity contribution in [2.75, 3.05) is 0 Å². The predicted octanol–water partition coefficient (Wildman–Crippen LogP) is 3.69. The fraction of sp³-hybridized carbons (Fsp3) is 0.750. The monoisotopic (exact) mass is 270 g/mol. The standard InChI is InChI=1S/C12H19BrN2/c13-11(9-12-14-6-7-15-12)8-10-4-2-1-3-5-10/h6-7,10-11H,1-5,8-9H2,(H,14,15). The van der Waals surface area contributed by atoms with Gasteiger partial charge in [-0.3, -0.25) is 0 Å². The number of halogens is 1. The summed E-state index contributed by atoms with van der Waals surface area (Å²) in [4.78, 5) is 8.02. The maximum Gasteiger partial charge on any atom is 0.107 e. The summed E-state index contributed by atoms with van der Waals surface area (Å²) < 4.78 is 0. The van der Waals surface area contributed by atoms with Crippen LogP contribution in [0.2, 0.25) is 0 Å². The lowest BCUT2D eigenvalue weighted by Gasteiger charge is -2.23. The summed E-state index contributed by atoms with van der Waals surface area (Å²) in [6.07, 6.45) is 13.2. The minimum Gasteiger partial charge on any atom is -0.349 e. The zero-order chi connectivity index (χ0) is 10.5. The van der Waals surface area contributed by atoms with Crippen molar-refractivity contribution in [1.29, 1.82) is 0 Å². The quantitative estimate of drug-likeness (QED) is 0.831. The number of nitrogens with one attached hydrogen (secondary N) is 1. The van der Waals surface area contributed by atoms with E-state index in [1.807, 2.05) is 12.4 Å². The van der Waals surface area contributed by atoms with E-state index in [0.717, 1.165) is 18.2 Å². The minimum absolute atomic E-state index is 0.590. The Morgan fingerprint density at radius 1 is 1.40 bits per heavy atom. The lowest BCUT2D eigenvalue weighted by Crippen LogP contribution is -2.14. The molecule has 1 unspecified atom stereocenters. The van der Waals surface area contributed by atoms with E-state index in [0.29, 0.717) is 4.83 Å². The Labute approximate surface area is 100 Å². The van der Waals surface area contributed by atoms with Crippen LogP contribution in [0.3, 0.4) is 0 Å². The molecule has 15 heavy (non-hydrogen) atoms. The van der Waals surface area contributed by atoms with E-state index in [4.69, 9.17) is 0 Å². The zero-order valence-corrected chi connectivity index (χ0v) is 10.7. The average molecular weight is 271 g/mol. The summed E-state index contributed by atoms with van der Waals surface area (Å²) in [5.74, 6) is 2.05. The van der Waals surface area contributed by atoms with Crippen molar-refractivity contribution >= 4 is 15.9 Å². The molecular formula is C12H19BrN2. The largest absolute Gasteiger partial charge is 0.349 e. The van der Waals surface area contributed by atoms with Crippen LogP contribution in [0.5, 0.6) is 0 Å². The van der Waals surface area contributed by atoms with E-state index in [9.17, 15) is 0 Å². The molecule has 0 saturated heterocycles. The molecule has 2 rings (SSSR count). The van der Waals surface area contributed by atoms with Gasteiger partial charge < -0.3 is 4.98 Å². The molecule has 3 heteroatoms. The summed E-state index contributed by atoms with van der Waals surface area (Å²) in [6.45, 7) is 0. The SMILES string of the molecule is BrC(Cc1ncc[nH]1)CC1CCCCC1. The molecule has 1 saturated carbocycles. The first-order valence-corrected chi connectivity index (χ1v) is 6.88. The topological polar surface area (TPSA) is 28.7 Å². The van der Waals surface area contributed by atoms with Crippen molar-refractivity contribution in [3.8, 4) is 0 Å². The third kappa shape index (κ3) is 3.63. The molecule has 1 fully saturated rings. The van der Waals surface area contributed by atoms with Gasteiger partial charge in [-0.1, -0.05) is 48.0 Å². The number of imidazole rings is 1. The summed E-state index contributed by atoms with van der Waals surface area (Å²) in [5.41, 5.74) is 0. The van der Waals surface area contributed by atoms with Gasteiger partial charge in [0, 0.05) is 23.6 Å². The van der Waals surface area contributed by atoms with Gasteiger partial charge in [0.1, 0.15) is 5.82 Å². The molecule has 1 aromatic rings. The van der Waals surface area contributed by atoms with Crippen molar-refractivity contribution in [2.24, 2.45) is 5.92 Å². The van der Waals surface area contributed by atoms with Crippen LogP contribution in [0.15, 0.2) is 12.4 Å². The summed E-state index contributed by atoms with van der Waals surface area (Å²) >= 11 is 3.77. The second-order valence-electron chi connectivity index (χ2n) is 4.58. The Kier molecular flexibility index (Phi) is 4.24. The van der Waals surface area contributed by atoms with E-state index in [-0.39, 0.29) is 0 Å².